The Balaban J connectivity index is 0.00000361. The summed E-state index contributed by atoms with van der Waals surface area (Å²) in [5.74, 6) is -0.379. The molecule has 0 saturated heterocycles. The van der Waals surface area contributed by atoms with E-state index >= 15 is 0 Å². The molecule has 2 N–H and O–H groups in total. The van der Waals surface area contributed by atoms with E-state index < -0.39 is 17.4 Å². The zero-order valence-corrected chi connectivity index (χ0v) is 13.3. The van der Waals surface area contributed by atoms with Crippen molar-refractivity contribution in [3.05, 3.63) is 27.7 Å². The summed E-state index contributed by atoms with van der Waals surface area (Å²) in [5, 5.41) is 0. The molecule has 3 nitrogen and oxygen atoms in total. The quantitative estimate of drug-likeness (QED) is 0.646. The first-order valence-corrected chi connectivity index (χ1v) is 6.34. The first kappa shape index (κ1) is 19.2. The van der Waals surface area contributed by atoms with Gasteiger partial charge in [-0.1, -0.05) is 6.92 Å². The maximum atomic E-state index is 12.8. The molecule has 114 valence electrons. The van der Waals surface area contributed by atoms with E-state index in [-0.39, 0.29) is 34.8 Å². The van der Waals surface area contributed by atoms with Gasteiger partial charge in [-0.2, -0.15) is 13.2 Å². The van der Waals surface area contributed by atoms with Gasteiger partial charge in [0, 0.05) is 10.0 Å². The minimum absolute atomic E-state index is 0. The Morgan fingerprint density at radius 2 is 1.95 bits per heavy atom. The number of carbonyl (C=O) groups excluding carboxylic acids is 1. The second-order valence-electron chi connectivity index (χ2n) is 4.17. The minimum atomic E-state index is -4.58. The first-order chi connectivity index (χ1) is 8.66. The molecule has 0 aliphatic heterocycles. The molecule has 0 aromatic heterocycles. The molecule has 0 saturated carbocycles. The summed E-state index contributed by atoms with van der Waals surface area (Å²) in [6.45, 7) is 2.55. The highest BCUT2D eigenvalue weighted by atomic mass is 79.9. The highest BCUT2D eigenvalue weighted by molar-refractivity contribution is 9.10. The van der Waals surface area contributed by atoms with Crippen LogP contribution in [-0.2, 0) is 6.18 Å². The Bertz CT molecular complexity index is 494. The lowest BCUT2D eigenvalue weighted by Gasteiger charge is -2.15. The molecule has 8 heteroatoms. The molecule has 1 rings (SSSR count). The van der Waals surface area contributed by atoms with Gasteiger partial charge >= 0.3 is 6.18 Å². The summed E-state index contributed by atoms with van der Waals surface area (Å²) in [4.78, 5) is 13.6. The van der Waals surface area contributed by atoms with Crippen molar-refractivity contribution in [2.75, 3.05) is 25.9 Å². The fourth-order valence-electron chi connectivity index (χ4n) is 1.46. The maximum absolute atomic E-state index is 12.8. The summed E-state index contributed by atoms with van der Waals surface area (Å²) in [6, 6.07) is 2.11. The molecule has 0 amide bonds. The lowest BCUT2D eigenvalue weighted by atomic mass is 10.0. The van der Waals surface area contributed by atoms with Gasteiger partial charge in [-0.15, -0.1) is 12.4 Å². The Labute approximate surface area is 129 Å². The smallest absolute Gasteiger partial charge is 0.397 e. The van der Waals surface area contributed by atoms with Crippen LogP contribution < -0.4 is 5.73 Å². The monoisotopic (exact) mass is 374 g/mol. The zero-order chi connectivity index (χ0) is 14.8. The standard InChI is InChI=1S/C12H14BrF3N2O.ClH/c1-3-18(2)6-10(19)7-4-8(12(14,15)16)11(17)9(13)5-7;/h4-5H,3,6,17H2,1-2H3;1H. The summed E-state index contributed by atoms with van der Waals surface area (Å²) in [5.41, 5.74) is 3.97. The van der Waals surface area contributed by atoms with Crippen LogP contribution in [0, 0.1) is 0 Å². The number of nitrogen functional groups attached to an aromatic ring is 1. The van der Waals surface area contributed by atoms with Crippen molar-refractivity contribution in [2.45, 2.75) is 13.1 Å². The number of anilines is 1. The molecule has 0 aliphatic rings. The number of hydrogen-bond acceptors (Lipinski definition) is 3. The molecule has 0 aliphatic carbocycles. The number of likely N-dealkylation sites (N-methyl/N-ethyl adjacent to an activating group) is 1. The molecule has 0 radical (unpaired) electrons. The van der Waals surface area contributed by atoms with Crippen molar-refractivity contribution in [3.8, 4) is 0 Å². The first-order valence-electron chi connectivity index (χ1n) is 5.54. The number of nitrogens with two attached hydrogens (primary N) is 1. The number of benzene rings is 1. The van der Waals surface area contributed by atoms with E-state index in [0.29, 0.717) is 6.54 Å². The van der Waals surface area contributed by atoms with Crippen molar-refractivity contribution in [1.29, 1.82) is 0 Å². The minimum Gasteiger partial charge on any atom is -0.397 e. The van der Waals surface area contributed by atoms with Gasteiger partial charge in [-0.3, -0.25) is 9.69 Å². The Morgan fingerprint density at radius 1 is 1.40 bits per heavy atom. The molecule has 20 heavy (non-hydrogen) atoms. The van der Waals surface area contributed by atoms with E-state index in [1.165, 1.54) is 6.07 Å². The van der Waals surface area contributed by atoms with Crippen LogP contribution in [0.1, 0.15) is 22.8 Å². The van der Waals surface area contributed by atoms with Gasteiger partial charge in [0.05, 0.1) is 17.8 Å². The molecule has 0 spiro atoms. The fraction of sp³-hybridized carbons (Fsp3) is 0.417. The summed E-state index contributed by atoms with van der Waals surface area (Å²) < 4.78 is 38.4. The molecule has 0 fully saturated rings. The molecule has 0 unspecified atom stereocenters. The maximum Gasteiger partial charge on any atom is 0.418 e. The zero-order valence-electron chi connectivity index (χ0n) is 10.9. The van der Waals surface area contributed by atoms with Gasteiger partial charge in [-0.05, 0) is 41.7 Å². The van der Waals surface area contributed by atoms with Gasteiger partial charge in [0.15, 0.2) is 5.78 Å². The highest BCUT2D eigenvalue weighted by Crippen LogP contribution is 2.37. The largest absolute Gasteiger partial charge is 0.418 e. The van der Waals surface area contributed by atoms with Crippen LogP contribution in [0.5, 0.6) is 0 Å². The number of halogens is 5. The lowest BCUT2D eigenvalue weighted by Crippen LogP contribution is -2.26. The summed E-state index contributed by atoms with van der Waals surface area (Å²) in [7, 11) is 1.72. The normalized spacial score (nSPS) is 11.3. The predicted molar refractivity (Wildman–Crippen MR) is 78.3 cm³/mol. The lowest BCUT2D eigenvalue weighted by molar-refractivity contribution is -0.136. The Hall–Kier alpha value is -0.790. The Kier molecular flexibility index (Phi) is 7.00. The van der Waals surface area contributed by atoms with Gasteiger partial charge in [0.2, 0.25) is 0 Å². The van der Waals surface area contributed by atoms with Crippen molar-refractivity contribution in [1.82, 2.24) is 4.90 Å². The van der Waals surface area contributed by atoms with Gasteiger partial charge in [0.25, 0.3) is 0 Å². The third-order valence-electron chi connectivity index (χ3n) is 2.71. The third kappa shape index (κ3) is 4.64. The van der Waals surface area contributed by atoms with Crippen LogP contribution in [0.3, 0.4) is 0 Å². The number of ketones is 1. The number of nitrogens with zero attached hydrogens (tertiary/aromatic N) is 1. The van der Waals surface area contributed by atoms with Crippen molar-refractivity contribution < 1.29 is 18.0 Å². The van der Waals surface area contributed by atoms with Crippen LogP contribution in [0.15, 0.2) is 16.6 Å². The van der Waals surface area contributed by atoms with Crippen LogP contribution >= 0.6 is 28.3 Å². The molecule has 1 aromatic rings. The molecular weight excluding hydrogens is 360 g/mol. The van der Waals surface area contributed by atoms with Gasteiger partial charge in [-0.25, -0.2) is 0 Å². The van der Waals surface area contributed by atoms with E-state index in [1.807, 2.05) is 6.92 Å². The van der Waals surface area contributed by atoms with Crippen LogP contribution in [0.25, 0.3) is 0 Å². The molecule has 0 heterocycles. The molecule has 0 atom stereocenters. The third-order valence-corrected chi connectivity index (χ3v) is 3.37. The number of Topliss-reactive ketones (excluding diaryl/α,β-unsaturated/α-hetero) is 1. The van der Waals surface area contributed by atoms with Gasteiger partial charge in [0.1, 0.15) is 0 Å². The SMILES string of the molecule is CCN(C)CC(=O)c1cc(Br)c(N)c(C(F)(F)F)c1.Cl. The van der Waals surface area contributed by atoms with Gasteiger partial charge < -0.3 is 5.73 Å². The fourth-order valence-corrected chi connectivity index (χ4v) is 1.92. The number of carbonyl (C=O) groups is 1. The van der Waals surface area contributed by atoms with E-state index in [9.17, 15) is 18.0 Å². The topological polar surface area (TPSA) is 46.3 Å². The van der Waals surface area contributed by atoms with Crippen LogP contribution in [-0.4, -0.2) is 30.8 Å². The van der Waals surface area contributed by atoms with Crippen molar-refractivity contribution >= 4 is 39.8 Å². The second-order valence-corrected chi connectivity index (χ2v) is 5.02. The average molecular weight is 376 g/mol. The van der Waals surface area contributed by atoms with E-state index in [1.54, 1.807) is 11.9 Å². The Morgan fingerprint density at radius 3 is 2.40 bits per heavy atom. The summed E-state index contributed by atoms with van der Waals surface area (Å²) >= 11 is 2.95. The summed E-state index contributed by atoms with van der Waals surface area (Å²) in [6.07, 6.45) is -4.58. The number of hydrogen-bond donors (Lipinski definition) is 1. The highest BCUT2D eigenvalue weighted by Gasteiger charge is 2.34. The molecule has 1 aromatic carbocycles. The number of rotatable bonds is 4. The predicted octanol–water partition coefficient (Wildman–Crippen LogP) is 3.61. The van der Waals surface area contributed by atoms with Crippen molar-refractivity contribution in [2.24, 2.45) is 0 Å². The van der Waals surface area contributed by atoms with Crippen LogP contribution in [0.4, 0.5) is 18.9 Å². The van der Waals surface area contributed by atoms with Crippen molar-refractivity contribution in [3.63, 3.8) is 0 Å². The van der Waals surface area contributed by atoms with E-state index in [4.69, 9.17) is 5.73 Å². The molecule has 0 bridgehead atoms. The van der Waals surface area contributed by atoms with E-state index in [2.05, 4.69) is 15.9 Å². The molecular formula is C12H15BrClF3N2O. The average Bonchev–Trinajstić information content (AvgIpc) is 2.30. The number of alkyl halides is 3. The van der Waals surface area contributed by atoms with E-state index in [0.717, 1.165) is 6.07 Å². The van der Waals surface area contributed by atoms with Crippen LogP contribution in [0.2, 0.25) is 0 Å². The second kappa shape index (κ2) is 7.28.